The summed E-state index contributed by atoms with van der Waals surface area (Å²) in [5.41, 5.74) is 3.48. The first-order valence-electron chi connectivity index (χ1n) is 12.5. The maximum Gasteiger partial charge on any atom is 0.231 e. The average molecular weight is 501 g/mol. The number of ether oxygens (including phenoxy) is 2. The fourth-order valence-electron chi connectivity index (χ4n) is 4.76. The van der Waals surface area contributed by atoms with E-state index in [2.05, 4.69) is 24.1 Å². The van der Waals surface area contributed by atoms with E-state index >= 15 is 0 Å². The summed E-state index contributed by atoms with van der Waals surface area (Å²) in [6.45, 7) is 3.63. The Morgan fingerprint density at radius 1 is 0.886 bits per heavy atom. The van der Waals surface area contributed by atoms with Gasteiger partial charge in [0.15, 0.2) is 21.3 Å². The standard InChI is InChI=1S/C27H36N2O5S/c1-28-13-6-7-15-29(27(30)16-21-9-11-24(12-10-21)35(2,31)32)14-5-3-4-8-22-17-25-26(34-20-33-25)18-23(22)19-28/h9-12,17-18H,3-8,13-16,19-20H2,1-2H3. The lowest BCUT2D eigenvalue weighted by molar-refractivity contribution is -0.130. The number of hydrogen-bond donors (Lipinski definition) is 0. The molecule has 8 heteroatoms. The van der Waals surface area contributed by atoms with Crippen molar-refractivity contribution in [2.45, 2.75) is 56.4 Å². The first kappa shape index (κ1) is 25.5. The summed E-state index contributed by atoms with van der Waals surface area (Å²) in [5, 5.41) is 0. The molecule has 190 valence electrons. The topological polar surface area (TPSA) is 76.2 Å². The fraction of sp³-hybridized carbons (Fsp3) is 0.519. The van der Waals surface area contributed by atoms with Crippen LogP contribution in [-0.4, -0.2) is 63.9 Å². The number of hydrogen-bond acceptors (Lipinski definition) is 6. The average Bonchev–Trinajstić information content (AvgIpc) is 3.26. The molecule has 2 aromatic rings. The number of amides is 1. The summed E-state index contributed by atoms with van der Waals surface area (Å²) >= 11 is 0. The van der Waals surface area contributed by atoms with Crippen LogP contribution in [0.15, 0.2) is 41.3 Å². The Labute approximate surface area is 208 Å². The number of benzene rings is 2. The molecule has 1 amide bonds. The molecule has 0 spiro atoms. The zero-order valence-corrected chi connectivity index (χ0v) is 21.6. The van der Waals surface area contributed by atoms with Crippen molar-refractivity contribution in [1.29, 1.82) is 0 Å². The molecule has 0 unspecified atom stereocenters. The van der Waals surface area contributed by atoms with Gasteiger partial charge in [-0.15, -0.1) is 0 Å². The van der Waals surface area contributed by atoms with Crippen LogP contribution in [0.4, 0.5) is 0 Å². The van der Waals surface area contributed by atoms with Crippen molar-refractivity contribution in [1.82, 2.24) is 9.80 Å². The van der Waals surface area contributed by atoms with E-state index in [0.29, 0.717) is 13.2 Å². The third-order valence-electron chi connectivity index (χ3n) is 6.79. The second-order valence-electron chi connectivity index (χ2n) is 9.70. The highest BCUT2D eigenvalue weighted by molar-refractivity contribution is 7.90. The molecule has 0 aromatic heterocycles. The highest BCUT2D eigenvalue weighted by Crippen LogP contribution is 2.36. The number of nitrogens with zero attached hydrogens (tertiary/aromatic N) is 2. The quantitative estimate of drug-likeness (QED) is 0.638. The summed E-state index contributed by atoms with van der Waals surface area (Å²) in [4.78, 5) is 17.7. The van der Waals surface area contributed by atoms with E-state index < -0.39 is 9.84 Å². The molecular weight excluding hydrogens is 464 g/mol. The van der Waals surface area contributed by atoms with Crippen molar-refractivity contribution in [3.05, 3.63) is 53.1 Å². The highest BCUT2D eigenvalue weighted by Gasteiger charge is 2.19. The molecule has 0 N–H and O–H groups in total. The molecule has 0 saturated carbocycles. The van der Waals surface area contributed by atoms with Gasteiger partial charge in [-0.25, -0.2) is 8.42 Å². The second-order valence-corrected chi connectivity index (χ2v) is 11.7. The Hall–Kier alpha value is -2.58. The zero-order valence-electron chi connectivity index (χ0n) is 20.8. The van der Waals surface area contributed by atoms with Crippen LogP contribution in [0.25, 0.3) is 0 Å². The van der Waals surface area contributed by atoms with E-state index in [1.807, 2.05) is 4.90 Å². The Bertz CT molecular complexity index is 1130. The van der Waals surface area contributed by atoms with E-state index in [-0.39, 0.29) is 10.8 Å². The SMILES string of the molecule is CN1CCCCN(C(=O)Cc2ccc(S(C)(=O)=O)cc2)CCCCCc2cc3c(cc2C1)OCO3. The minimum Gasteiger partial charge on any atom is -0.454 e. The van der Waals surface area contributed by atoms with Gasteiger partial charge in [-0.3, -0.25) is 4.79 Å². The molecule has 2 aliphatic rings. The fourth-order valence-corrected chi connectivity index (χ4v) is 5.39. The molecule has 0 saturated heterocycles. The smallest absolute Gasteiger partial charge is 0.231 e. The summed E-state index contributed by atoms with van der Waals surface area (Å²) < 4.78 is 34.6. The summed E-state index contributed by atoms with van der Waals surface area (Å²) in [6, 6.07) is 10.9. The largest absolute Gasteiger partial charge is 0.454 e. The van der Waals surface area contributed by atoms with Crippen molar-refractivity contribution in [3.63, 3.8) is 0 Å². The van der Waals surface area contributed by atoms with Gasteiger partial charge in [0.05, 0.1) is 11.3 Å². The van der Waals surface area contributed by atoms with Crippen LogP contribution in [-0.2, 0) is 34.0 Å². The predicted octanol–water partition coefficient (Wildman–Crippen LogP) is 3.83. The molecule has 0 bridgehead atoms. The summed E-state index contributed by atoms with van der Waals surface area (Å²) in [5.74, 6) is 1.79. The first-order valence-corrected chi connectivity index (χ1v) is 14.4. The molecule has 0 atom stereocenters. The monoisotopic (exact) mass is 500 g/mol. The molecule has 2 aliphatic heterocycles. The van der Waals surface area contributed by atoms with Crippen LogP contribution < -0.4 is 9.47 Å². The lowest BCUT2D eigenvalue weighted by Gasteiger charge is -2.25. The van der Waals surface area contributed by atoms with Gasteiger partial charge >= 0.3 is 0 Å². The van der Waals surface area contributed by atoms with E-state index in [4.69, 9.17) is 9.47 Å². The Morgan fingerprint density at radius 2 is 1.51 bits per heavy atom. The summed E-state index contributed by atoms with van der Waals surface area (Å²) in [6.07, 6.45) is 7.53. The minimum atomic E-state index is -3.24. The van der Waals surface area contributed by atoms with Gasteiger partial charge in [-0.1, -0.05) is 18.6 Å². The van der Waals surface area contributed by atoms with Crippen LogP contribution in [0.2, 0.25) is 0 Å². The van der Waals surface area contributed by atoms with Crippen LogP contribution in [0.5, 0.6) is 11.5 Å². The highest BCUT2D eigenvalue weighted by atomic mass is 32.2. The van der Waals surface area contributed by atoms with Crippen molar-refractivity contribution >= 4 is 15.7 Å². The lowest BCUT2D eigenvalue weighted by atomic mass is 9.99. The van der Waals surface area contributed by atoms with Gasteiger partial charge in [0.2, 0.25) is 12.7 Å². The molecule has 4 rings (SSSR count). The number of carbonyl (C=O) groups is 1. The Kier molecular flexibility index (Phi) is 8.34. The molecule has 0 radical (unpaired) electrons. The van der Waals surface area contributed by atoms with Gasteiger partial charge in [-0.05, 0) is 86.7 Å². The van der Waals surface area contributed by atoms with E-state index in [9.17, 15) is 13.2 Å². The first-order chi connectivity index (χ1) is 16.8. The molecule has 7 nitrogen and oxygen atoms in total. The number of carbonyl (C=O) groups excluding carboxylic acids is 1. The van der Waals surface area contributed by atoms with Gasteiger partial charge in [0, 0.05) is 25.9 Å². The third kappa shape index (κ3) is 6.98. The maximum absolute atomic E-state index is 13.1. The summed E-state index contributed by atoms with van der Waals surface area (Å²) in [7, 11) is -1.09. The normalized spacial score (nSPS) is 18.1. The maximum atomic E-state index is 13.1. The molecule has 2 aromatic carbocycles. The van der Waals surface area contributed by atoms with Crippen LogP contribution in [0, 0.1) is 0 Å². The molecule has 2 heterocycles. The van der Waals surface area contributed by atoms with E-state index in [1.54, 1.807) is 24.3 Å². The molecular formula is C27H36N2O5S. The van der Waals surface area contributed by atoms with Gasteiger partial charge in [0.1, 0.15) is 0 Å². The second kappa shape index (κ2) is 11.4. The molecule has 0 fully saturated rings. The molecule has 0 aliphatic carbocycles. The van der Waals surface area contributed by atoms with Crippen molar-refractivity contribution in [2.75, 3.05) is 39.7 Å². The van der Waals surface area contributed by atoms with Crippen LogP contribution in [0.1, 0.15) is 48.8 Å². The van der Waals surface area contributed by atoms with Crippen LogP contribution >= 0.6 is 0 Å². The van der Waals surface area contributed by atoms with Gasteiger partial charge in [-0.2, -0.15) is 0 Å². The van der Waals surface area contributed by atoms with E-state index in [1.165, 1.54) is 17.4 Å². The number of aryl methyl sites for hydroxylation is 1. The van der Waals surface area contributed by atoms with Gasteiger partial charge < -0.3 is 19.3 Å². The van der Waals surface area contributed by atoms with Crippen molar-refractivity contribution in [3.8, 4) is 11.5 Å². The Morgan fingerprint density at radius 3 is 2.20 bits per heavy atom. The molecule has 35 heavy (non-hydrogen) atoms. The van der Waals surface area contributed by atoms with Crippen molar-refractivity contribution in [2.24, 2.45) is 0 Å². The van der Waals surface area contributed by atoms with Crippen molar-refractivity contribution < 1.29 is 22.7 Å². The van der Waals surface area contributed by atoms with Crippen LogP contribution in [0.3, 0.4) is 0 Å². The lowest BCUT2D eigenvalue weighted by Crippen LogP contribution is -2.34. The van der Waals surface area contributed by atoms with Gasteiger partial charge in [0.25, 0.3) is 0 Å². The Balaban J connectivity index is 1.38. The predicted molar refractivity (Wildman–Crippen MR) is 136 cm³/mol. The third-order valence-corrected chi connectivity index (χ3v) is 7.92. The number of sulfone groups is 1. The van der Waals surface area contributed by atoms with E-state index in [0.717, 1.165) is 81.8 Å². The minimum absolute atomic E-state index is 0.107. The number of fused-ring (bicyclic) bond motifs is 2. The number of rotatable bonds is 3. The zero-order chi connectivity index (χ0) is 24.8.